The van der Waals surface area contributed by atoms with Crippen LogP contribution in [0.25, 0.3) is 0 Å². The molecule has 0 rings (SSSR count). The Kier molecular flexibility index (Phi) is 15.3. The van der Waals surface area contributed by atoms with Crippen LogP contribution in [0.1, 0.15) is 53.8 Å². The number of carbonyl (C=O) groups excluding carboxylic acids is 1. The molecule has 0 aliphatic rings. The average Bonchev–Trinajstić information content (AvgIpc) is 2.05. The number of hydrogen-bond donors (Lipinski definition) is 0. The molecule has 0 aromatic carbocycles. The van der Waals surface area contributed by atoms with Gasteiger partial charge in [0.15, 0.2) is 0 Å². The second-order valence-electron chi connectivity index (χ2n) is 2.97. The van der Waals surface area contributed by atoms with Gasteiger partial charge < -0.3 is 6.16 Å². The van der Waals surface area contributed by atoms with E-state index in [0.29, 0.717) is 13.0 Å². The molecule has 0 aliphatic carbocycles. The molecule has 0 saturated heterocycles. The standard InChI is InChI=1S/C10H20O2.Na.H/c1-3-5-6-7-8-9-10(11)12-4-2;;/h3-9H2,1-2H3;;/q;+1;-1. The molecule has 0 atom stereocenters. The minimum Gasteiger partial charge on any atom is -1.00 e. The molecule has 2 nitrogen and oxygen atoms in total. The second-order valence-corrected chi connectivity index (χ2v) is 2.97. The van der Waals surface area contributed by atoms with Crippen LogP contribution in [0, 0.1) is 0 Å². The monoisotopic (exact) mass is 196 g/mol. The van der Waals surface area contributed by atoms with Gasteiger partial charge in [0, 0.05) is 6.42 Å². The van der Waals surface area contributed by atoms with E-state index >= 15 is 0 Å². The van der Waals surface area contributed by atoms with Crippen molar-refractivity contribution in [2.24, 2.45) is 0 Å². The van der Waals surface area contributed by atoms with Crippen LogP contribution in [0.2, 0.25) is 0 Å². The van der Waals surface area contributed by atoms with Crippen LogP contribution in [0.3, 0.4) is 0 Å². The molecule has 0 amide bonds. The topological polar surface area (TPSA) is 26.3 Å². The van der Waals surface area contributed by atoms with Gasteiger partial charge in [0.05, 0.1) is 6.61 Å². The summed E-state index contributed by atoms with van der Waals surface area (Å²) in [5.41, 5.74) is 0. The Morgan fingerprint density at radius 2 is 1.77 bits per heavy atom. The third kappa shape index (κ3) is 12.5. The van der Waals surface area contributed by atoms with Gasteiger partial charge in [-0.2, -0.15) is 0 Å². The summed E-state index contributed by atoms with van der Waals surface area (Å²) >= 11 is 0. The molecule has 13 heavy (non-hydrogen) atoms. The summed E-state index contributed by atoms with van der Waals surface area (Å²) in [7, 11) is 0. The Hall–Kier alpha value is 0.470. The molecule has 0 saturated carbocycles. The van der Waals surface area contributed by atoms with E-state index in [0.717, 1.165) is 12.8 Å². The van der Waals surface area contributed by atoms with E-state index in [1.54, 1.807) is 0 Å². The quantitative estimate of drug-likeness (QED) is 0.326. The first-order valence-electron chi connectivity index (χ1n) is 4.96. The Balaban J connectivity index is -0.000000605. The molecule has 0 aliphatic heterocycles. The predicted molar refractivity (Wildman–Crippen MR) is 51.1 cm³/mol. The molecular weight excluding hydrogens is 175 g/mol. The SMILES string of the molecule is CCCCCCCC(=O)OCC.[H-].[Na+]. The molecule has 0 bridgehead atoms. The van der Waals surface area contributed by atoms with Crippen molar-refractivity contribution in [2.75, 3.05) is 6.61 Å². The van der Waals surface area contributed by atoms with E-state index in [4.69, 9.17) is 4.74 Å². The fourth-order valence-corrected chi connectivity index (χ4v) is 1.11. The van der Waals surface area contributed by atoms with Gasteiger partial charge >= 0.3 is 35.5 Å². The van der Waals surface area contributed by atoms with Gasteiger partial charge in [-0.25, -0.2) is 0 Å². The predicted octanol–water partition coefficient (Wildman–Crippen LogP) is 0.0265. The van der Waals surface area contributed by atoms with Gasteiger partial charge in [0.25, 0.3) is 0 Å². The first-order valence-corrected chi connectivity index (χ1v) is 4.96. The summed E-state index contributed by atoms with van der Waals surface area (Å²) in [6, 6.07) is 0. The zero-order chi connectivity index (χ0) is 9.23. The van der Waals surface area contributed by atoms with Crippen molar-refractivity contribution in [3.05, 3.63) is 0 Å². The molecule has 3 heteroatoms. The maximum atomic E-state index is 10.9. The van der Waals surface area contributed by atoms with Crippen LogP contribution in [0.5, 0.6) is 0 Å². The molecule has 0 aromatic heterocycles. The maximum Gasteiger partial charge on any atom is 1.00 e. The van der Waals surface area contributed by atoms with Gasteiger partial charge in [0.1, 0.15) is 0 Å². The molecule has 0 radical (unpaired) electrons. The third-order valence-corrected chi connectivity index (χ3v) is 1.79. The smallest absolute Gasteiger partial charge is 1.00 e. The summed E-state index contributed by atoms with van der Waals surface area (Å²) in [6.07, 6.45) is 6.52. The van der Waals surface area contributed by atoms with Crippen LogP contribution in [0.15, 0.2) is 0 Å². The number of hydrogen-bond acceptors (Lipinski definition) is 2. The van der Waals surface area contributed by atoms with Crippen molar-refractivity contribution in [3.8, 4) is 0 Å². The molecule has 0 unspecified atom stereocenters. The van der Waals surface area contributed by atoms with E-state index in [-0.39, 0.29) is 37.0 Å². The first-order chi connectivity index (χ1) is 5.81. The molecule has 0 spiro atoms. The summed E-state index contributed by atoms with van der Waals surface area (Å²) in [6.45, 7) is 4.54. The number of ether oxygens (including phenoxy) is 1. The van der Waals surface area contributed by atoms with Crippen molar-refractivity contribution < 1.29 is 40.5 Å². The van der Waals surface area contributed by atoms with Crippen molar-refractivity contribution in [3.63, 3.8) is 0 Å². The molecule has 74 valence electrons. The van der Waals surface area contributed by atoms with Crippen molar-refractivity contribution in [2.45, 2.75) is 52.4 Å². The van der Waals surface area contributed by atoms with E-state index < -0.39 is 0 Å². The van der Waals surface area contributed by atoms with Gasteiger partial charge in [0.2, 0.25) is 0 Å². The zero-order valence-electron chi connectivity index (χ0n) is 10.3. The molecule has 0 N–H and O–H groups in total. The average molecular weight is 196 g/mol. The van der Waals surface area contributed by atoms with Crippen LogP contribution in [0.4, 0.5) is 0 Å². The summed E-state index contributed by atoms with van der Waals surface area (Å²) < 4.78 is 4.81. The number of esters is 1. The van der Waals surface area contributed by atoms with Crippen LogP contribution in [-0.4, -0.2) is 12.6 Å². The minimum atomic E-state index is -0.0472. The second kappa shape index (κ2) is 12.5. The largest absolute Gasteiger partial charge is 1.00 e. The third-order valence-electron chi connectivity index (χ3n) is 1.79. The van der Waals surface area contributed by atoms with Gasteiger partial charge in [-0.05, 0) is 13.3 Å². The Morgan fingerprint density at radius 1 is 1.15 bits per heavy atom. The van der Waals surface area contributed by atoms with Crippen molar-refractivity contribution in [1.29, 1.82) is 0 Å². The Morgan fingerprint density at radius 3 is 2.31 bits per heavy atom. The van der Waals surface area contributed by atoms with Crippen molar-refractivity contribution >= 4 is 5.97 Å². The van der Waals surface area contributed by atoms with Crippen LogP contribution < -0.4 is 29.6 Å². The molecule has 0 heterocycles. The van der Waals surface area contributed by atoms with Gasteiger partial charge in [-0.15, -0.1) is 0 Å². The van der Waals surface area contributed by atoms with Gasteiger partial charge in [-0.1, -0.05) is 32.6 Å². The minimum absolute atomic E-state index is 0. The summed E-state index contributed by atoms with van der Waals surface area (Å²) in [5, 5.41) is 0. The van der Waals surface area contributed by atoms with E-state index in [2.05, 4.69) is 6.92 Å². The Labute approximate surface area is 105 Å². The van der Waals surface area contributed by atoms with E-state index in [1.807, 2.05) is 6.92 Å². The van der Waals surface area contributed by atoms with E-state index in [9.17, 15) is 4.79 Å². The normalized spacial score (nSPS) is 9.08. The number of carbonyl (C=O) groups is 1. The van der Waals surface area contributed by atoms with Gasteiger partial charge in [-0.3, -0.25) is 4.79 Å². The van der Waals surface area contributed by atoms with Crippen molar-refractivity contribution in [1.82, 2.24) is 0 Å². The fourth-order valence-electron chi connectivity index (χ4n) is 1.11. The molecular formula is C10H21NaO2. The maximum absolute atomic E-state index is 10.9. The van der Waals surface area contributed by atoms with Crippen LogP contribution >= 0.6 is 0 Å². The fraction of sp³-hybridized carbons (Fsp3) is 0.900. The van der Waals surface area contributed by atoms with Crippen LogP contribution in [-0.2, 0) is 9.53 Å². The number of unbranched alkanes of at least 4 members (excludes halogenated alkanes) is 4. The summed E-state index contributed by atoms with van der Waals surface area (Å²) in [4.78, 5) is 10.9. The van der Waals surface area contributed by atoms with E-state index in [1.165, 1.54) is 19.3 Å². The molecule has 0 fully saturated rings. The number of rotatable bonds is 7. The molecule has 0 aromatic rings. The first kappa shape index (κ1) is 15.9. The zero-order valence-corrected chi connectivity index (χ0v) is 11.3. The summed E-state index contributed by atoms with van der Waals surface area (Å²) in [5.74, 6) is -0.0472. The Bertz CT molecular complexity index is 121.